The number of carbonyl (C=O) groups is 1. The number of para-hydroxylation sites is 1. The first-order chi connectivity index (χ1) is 12.4. The second kappa shape index (κ2) is 7.16. The van der Waals surface area contributed by atoms with E-state index in [1.165, 1.54) is 5.56 Å². The van der Waals surface area contributed by atoms with Gasteiger partial charge in [0.25, 0.3) is 5.56 Å². The van der Waals surface area contributed by atoms with E-state index in [1.807, 2.05) is 56.3 Å². The Balaban J connectivity index is 1.89. The van der Waals surface area contributed by atoms with Gasteiger partial charge in [-0.2, -0.15) is 0 Å². The highest BCUT2D eigenvalue weighted by Gasteiger charge is 2.12. The van der Waals surface area contributed by atoms with Crippen molar-refractivity contribution in [3.05, 3.63) is 75.6 Å². The van der Waals surface area contributed by atoms with Crippen LogP contribution in [-0.2, 0) is 11.3 Å². The van der Waals surface area contributed by atoms with E-state index in [9.17, 15) is 9.59 Å². The van der Waals surface area contributed by atoms with Gasteiger partial charge in [0.1, 0.15) is 6.54 Å². The fraction of sp³-hybridized carbons (Fsp3) is 0.273. The van der Waals surface area contributed by atoms with Crippen molar-refractivity contribution < 1.29 is 4.79 Å². The summed E-state index contributed by atoms with van der Waals surface area (Å²) in [5.74, 6) is 0.234. The zero-order valence-corrected chi connectivity index (χ0v) is 15.7. The molecular weight excluding hydrogens is 324 g/mol. The lowest BCUT2D eigenvalue weighted by molar-refractivity contribution is -0.116. The summed E-state index contributed by atoms with van der Waals surface area (Å²) < 4.78 is 1.55. The number of anilines is 1. The van der Waals surface area contributed by atoms with Crippen molar-refractivity contribution in [2.24, 2.45) is 0 Å². The molecule has 134 valence electrons. The van der Waals surface area contributed by atoms with E-state index in [-0.39, 0.29) is 18.0 Å². The molecule has 0 spiro atoms. The Morgan fingerprint density at radius 1 is 1.04 bits per heavy atom. The van der Waals surface area contributed by atoms with Crippen LogP contribution in [-0.4, -0.2) is 10.5 Å². The maximum Gasteiger partial charge on any atom is 0.251 e. The van der Waals surface area contributed by atoms with Crippen LogP contribution in [0.15, 0.2) is 53.3 Å². The molecule has 2 aromatic carbocycles. The van der Waals surface area contributed by atoms with Crippen LogP contribution in [0.1, 0.15) is 36.5 Å². The third-order valence-corrected chi connectivity index (χ3v) is 4.70. The summed E-state index contributed by atoms with van der Waals surface area (Å²) in [5.41, 5.74) is 4.53. The normalized spacial score (nSPS) is 11.1. The molecule has 0 aliphatic carbocycles. The largest absolute Gasteiger partial charge is 0.325 e. The van der Waals surface area contributed by atoms with Gasteiger partial charge in [0.2, 0.25) is 5.91 Å². The minimum atomic E-state index is -0.210. The quantitative estimate of drug-likeness (QED) is 0.761. The van der Waals surface area contributed by atoms with Gasteiger partial charge in [0.15, 0.2) is 0 Å². The second-order valence-electron chi connectivity index (χ2n) is 7.05. The van der Waals surface area contributed by atoms with Crippen LogP contribution in [0.2, 0.25) is 0 Å². The highest BCUT2D eigenvalue weighted by atomic mass is 16.2. The third kappa shape index (κ3) is 3.54. The number of amides is 1. The van der Waals surface area contributed by atoms with E-state index in [2.05, 4.69) is 19.2 Å². The first kappa shape index (κ1) is 17.9. The monoisotopic (exact) mass is 348 g/mol. The Hall–Kier alpha value is -2.88. The Morgan fingerprint density at radius 3 is 2.38 bits per heavy atom. The maximum absolute atomic E-state index is 12.5. The Morgan fingerprint density at radius 2 is 1.73 bits per heavy atom. The van der Waals surface area contributed by atoms with Gasteiger partial charge in [-0.1, -0.05) is 44.2 Å². The van der Waals surface area contributed by atoms with Crippen LogP contribution < -0.4 is 10.9 Å². The summed E-state index contributed by atoms with van der Waals surface area (Å²) in [6, 6.07) is 15.3. The number of aryl methyl sites for hydroxylation is 2. The predicted octanol–water partition coefficient (Wildman–Crippen LogP) is 4.38. The molecule has 0 aliphatic rings. The average Bonchev–Trinajstić information content (AvgIpc) is 2.59. The molecule has 4 nitrogen and oxygen atoms in total. The number of hydrogen-bond acceptors (Lipinski definition) is 2. The van der Waals surface area contributed by atoms with Gasteiger partial charge in [0.05, 0.1) is 5.52 Å². The number of nitrogens with zero attached hydrogens (tertiary/aromatic N) is 1. The molecule has 0 saturated carbocycles. The smallest absolute Gasteiger partial charge is 0.251 e. The van der Waals surface area contributed by atoms with Crippen molar-refractivity contribution in [2.75, 3.05) is 5.32 Å². The molecule has 1 aromatic heterocycles. The van der Waals surface area contributed by atoms with Gasteiger partial charge in [-0.15, -0.1) is 0 Å². The molecule has 0 saturated heterocycles. The number of benzene rings is 2. The van der Waals surface area contributed by atoms with E-state index in [1.54, 1.807) is 10.6 Å². The third-order valence-electron chi connectivity index (χ3n) is 4.70. The summed E-state index contributed by atoms with van der Waals surface area (Å²) >= 11 is 0. The molecule has 0 radical (unpaired) electrons. The summed E-state index contributed by atoms with van der Waals surface area (Å²) in [5, 5.41) is 3.88. The van der Waals surface area contributed by atoms with E-state index >= 15 is 0 Å². The topological polar surface area (TPSA) is 51.1 Å². The molecule has 1 amide bonds. The minimum absolute atomic E-state index is 0.00754. The van der Waals surface area contributed by atoms with E-state index < -0.39 is 0 Å². The molecule has 0 bridgehead atoms. The summed E-state index contributed by atoms with van der Waals surface area (Å²) in [6.07, 6.45) is 0. The van der Waals surface area contributed by atoms with Crippen LogP contribution in [0.4, 0.5) is 5.69 Å². The van der Waals surface area contributed by atoms with E-state index in [4.69, 9.17) is 0 Å². The molecule has 1 heterocycles. The highest BCUT2D eigenvalue weighted by molar-refractivity contribution is 5.92. The molecular formula is C22H24N2O2. The summed E-state index contributed by atoms with van der Waals surface area (Å²) in [4.78, 5) is 25.0. The van der Waals surface area contributed by atoms with Crippen molar-refractivity contribution in [1.82, 2.24) is 4.57 Å². The molecule has 1 N–H and O–H groups in total. The molecule has 26 heavy (non-hydrogen) atoms. The first-order valence-electron chi connectivity index (χ1n) is 8.86. The van der Waals surface area contributed by atoms with Gasteiger partial charge in [0, 0.05) is 17.1 Å². The van der Waals surface area contributed by atoms with Crippen LogP contribution in [0.5, 0.6) is 0 Å². The van der Waals surface area contributed by atoms with Crippen LogP contribution in [0.3, 0.4) is 0 Å². The number of carbonyl (C=O) groups excluding carboxylic acids is 1. The summed E-state index contributed by atoms with van der Waals surface area (Å²) in [6.45, 7) is 8.13. The zero-order valence-electron chi connectivity index (χ0n) is 15.7. The number of hydrogen-bond donors (Lipinski definition) is 1. The Labute approximate surface area is 153 Å². The van der Waals surface area contributed by atoms with Crippen molar-refractivity contribution in [1.29, 1.82) is 0 Å². The van der Waals surface area contributed by atoms with Gasteiger partial charge in [-0.25, -0.2) is 0 Å². The van der Waals surface area contributed by atoms with Gasteiger partial charge >= 0.3 is 0 Å². The second-order valence-corrected chi connectivity index (χ2v) is 7.05. The van der Waals surface area contributed by atoms with Gasteiger partial charge in [-0.3, -0.25) is 14.2 Å². The molecule has 3 aromatic rings. The number of nitrogens with one attached hydrogen (secondary N) is 1. The van der Waals surface area contributed by atoms with Crippen molar-refractivity contribution >= 4 is 22.5 Å². The van der Waals surface area contributed by atoms with Gasteiger partial charge < -0.3 is 5.32 Å². The van der Waals surface area contributed by atoms with E-state index in [0.717, 1.165) is 27.7 Å². The Bertz CT molecular complexity index is 1010. The molecule has 0 aliphatic heterocycles. The molecule has 4 heteroatoms. The average molecular weight is 348 g/mol. The van der Waals surface area contributed by atoms with Crippen molar-refractivity contribution in [3.8, 4) is 0 Å². The molecule has 0 unspecified atom stereocenters. The zero-order chi connectivity index (χ0) is 18.8. The van der Waals surface area contributed by atoms with Crippen LogP contribution in [0, 0.1) is 13.8 Å². The number of aromatic nitrogens is 1. The van der Waals surface area contributed by atoms with Crippen LogP contribution in [0.25, 0.3) is 10.9 Å². The molecule has 0 fully saturated rings. The lowest BCUT2D eigenvalue weighted by Gasteiger charge is -2.14. The lowest BCUT2D eigenvalue weighted by atomic mass is 10.0. The van der Waals surface area contributed by atoms with Crippen LogP contribution >= 0.6 is 0 Å². The summed E-state index contributed by atoms with van der Waals surface area (Å²) in [7, 11) is 0. The van der Waals surface area contributed by atoms with Crippen molar-refractivity contribution in [2.45, 2.75) is 40.2 Å². The fourth-order valence-corrected chi connectivity index (χ4v) is 3.24. The standard InChI is InChI=1S/C22H24N2O2/c1-14(2)17-8-10-18(11-9-17)23-20(25)13-24-21(26)12-16(4)19-7-5-6-15(3)22(19)24/h5-12,14H,13H2,1-4H3,(H,23,25). The van der Waals surface area contributed by atoms with E-state index in [0.29, 0.717) is 5.92 Å². The number of rotatable bonds is 4. The Kier molecular flexibility index (Phi) is 4.94. The minimum Gasteiger partial charge on any atom is -0.325 e. The lowest BCUT2D eigenvalue weighted by Crippen LogP contribution is -2.28. The molecule has 3 rings (SSSR count). The van der Waals surface area contributed by atoms with Gasteiger partial charge in [-0.05, 0) is 48.6 Å². The fourth-order valence-electron chi connectivity index (χ4n) is 3.24. The number of pyridine rings is 1. The first-order valence-corrected chi connectivity index (χ1v) is 8.86. The maximum atomic E-state index is 12.5. The SMILES string of the molecule is Cc1cc(=O)n(CC(=O)Nc2ccc(C(C)C)cc2)c2c(C)cccc12. The number of fused-ring (bicyclic) bond motifs is 1. The van der Waals surface area contributed by atoms with Crippen molar-refractivity contribution in [3.63, 3.8) is 0 Å². The molecule has 0 atom stereocenters. The predicted molar refractivity (Wildman–Crippen MR) is 107 cm³/mol. The highest BCUT2D eigenvalue weighted by Crippen LogP contribution is 2.20.